The first-order valence-electron chi connectivity index (χ1n) is 4.47. The van der Waals surface area contributed by atoms with Crippen molar-refractivity contribution in [2.24, 2.45) is 0 Å². The van der Waals surface area contributed by atoms with Crippen molar-refractivity contribution >= 4 is 33.2 Å². The number of halogens is 1. The molecule has 1 aromatic rings. The number of nitrogens with one attached hydrogen (secondary N) is 2. The van der Waals surface area contributed by atoms with E-state index in [4.69, 9.17) is 0 Å². The minimum atomic E-state index is -0.00129. The SMILES string of the molecule is CCNCCNC(=O)c1cc(Br)cs1. The minimum absolute atomic E-state index is 0.00129. The zero-order valence-electron chi connectivity index (χ0n) is 7.97. The lowest BCUT2D eigenvalue weighted by Crippen LogP contribution is -2.31. The number of rotatable bonds is 5. The van der Waals surface area contributed by atoms with Crippen LogP contribution in [0.15, 0.2) is 15.9 Å². The molecule has 0 unspecified atom stereocenters. The summed E-state index contributed by atoms with van der Waals surface area (Å²) in [5.74, 6) is -0.00129. The summed E-state index contributed by atoms with van der Waals surface area (Å²) in [6.45, 7) is 4.45. The van der Waals surface area contributed by atoms with Gasteiger partial charge in [0.05, 0.1) is 4.88 Å². The molecule has 2 N–H and O–H groups in total. The minimum Gasteiger partial charge on any atom is -0.350 e. The molecule has 0 fully saturated rings. The van der Waals surface area contributed by atoms with E-state index in [1.54, 1.807) is 0 Å². The van der Waals surface area contributed by atoms with Gasteiger partial charge in [0.2, 0.25) is 0 Å². The molecule has 0 spiro atoms. The van der Waals surface area contributed by atoms with E-state index < -0.39 is 0 Å². The molecule has 78 valence electrons. The van der Waals surface area contributed by atoms with Crippen molar-refractivity contribution in [3.05, 3.63) is 20.8 Å². The molecule has 0 aromatic carbocycles. The van der Waals surface area contributed by atoms with E-state index in [0.29, 0.717) is 6.54 Å². The van der Waals surface area contributed by atoms with Crippen molar-refractivity contribution in [3.63, 3.8) is 0 Å². The molecule has 0 radical (unpaired) electrons. The zero-order valence-corrected chi connectivity index (χ0v) is 10.4. The van der Waals surface area contributed by atoms with Crippen LogP contribution in [-0.4, -0.2) is 25.5 Å². The van der Waals surface area contributed by atoms with Crippen LogP contribution in [0.3, 0.4) is 0 Å². The van der Waals surface area contributed by atoms with Crippen LogP contribution in [0, 0.1) is 0 Å². The number of carbonyl (C=O) groups excluding carboxylic acids is 1. The van der Waals surface area contributed by atoms with Crippen LogP contribution in [0.2, 0.25) is 0 Å². The van der Waals surface area contributed by atoms with Crippen molar-refractivity contribution in [2.75, 3.05) is 19.6 Å². The highest BCUT2D eigenvalue weighted by atomic mass is 79.9. The summed E-state index contributed by atoms with van der Waals surface area (Å²) in [5, 5.41) is 7.88. The number of thiophene rings is 1. The average molecular weight is 277 g/mol. The van der Waals surface area contributed by atoms with Crippen LogP contribution in [0.4, 0.5) is 0 Å². The second kappa shape index (κ2) is 6.16. The lowest BCUT2D eigenvalue weighted by atomic mass is 10.4. The van der Waals surface area contributed by atoms with E-state index in [-0.39, 0.29) is 5.91 Å². The van der Waals surface area contributed by atoms with Gasteiger partial charge in [0.25, 0.3) is 5.91 Å². The van der Waals surface area contributed by atoms with Gasteiger partial charge in [-0.05, 0) is 28.5 Å². The lowest BCUT2D eigenvalue weighted by molar-refractivity contribution is 0.0958. The number of hydrogen-bond acceptors (Lipinski definition) is 3. The molecule has 0 saturated heterocycles. The molecule has 1 aromatic heterocycles. The smallest absolute Gasteiger partial charge is 0.261 e. The van der Waals surface area contributed by atoms with Gasteiger partial charge in [-0.15, -0.1) is 11.3 Å². The van der Waals surface area contributed by atoms with Crippen molar-refractivity contribution in [1.82, 2.24) is 10.6 Å². The topological polar surface area (TPSA) is 41.1 Å². The van der Waals surface area contributed by atoms with Gasteiger partial charge in [-0.1, -0.05) is 6.92 Å². The van der Waals surface area contributed by atoms with Crippen LogP contribution in [-0.2, 0) is 0 Å². The fourth-order valence-electron chi connectivity index (χ4n) is 0.960. The standard InChI is InChI=1S/C9H13BrN2OS/c1-2-11-3-4-12-9(13)8-5-7(10)6-14-8/h5-6,11H,2-4H2,1H3,(H,12,13). The summed E-state index contributed by atoms with van der Waals surface area (Å²) in [7, 11) is 0. The summed E-state index contributed by atoms with van der Waals surface area (Å²) < 4.78 is 0.958. The Kier molecular flexibility index (Phi) is 5.14. The molecular formula is C9H13BrN2OS. The van der Waals surface area contributed by atoms with Gasteiger partial charge in [-0.2, -0.15) is 0 Å². The fourth-order valence-corrected chi connectivity index (χ4v) is 2.30. The van der Waals surface area contributed by atoms with Gasteiger partial charge >= 0.3 is 0 Å². The summed E-state index contributed by atoms with van der Waals surface area (Å²) in [6.07, 6.45) is 0. The summed E-state index contributed by atoms with van der Waals surface area (Å²) in [6, 6.07) is 1.83. The highest BCUT2D eigenvalue weighted by Crippen LogP contribution is 2.19. The van der Waals surface area contributed by atoms with Crippen LogP contribution < -0.4 is 10.6 Å². The molecule has 0 aliphatic heterocycles. The maximum atomic E-state index is 11.5. The second-order valence-electron chi connectivity index (χ2n) is 2.74. The Morgan fingerprint density at radius 2 is 2.36 bits per heavy atom. The number of carbonyl (C=O) groups is 1. The Balaban J connectivity index is 2.29. The fraction of sp³-hybridized carbons (Fsp3) is 0.444. The molecule has 0 bridgehead atoms. The van der Waals surface area contributed by atoms with Gasteiger partial charge < -0.3 is 10.6 Å². The number of hydrogen-bond donors (Lipinski definition) is 2. The third-order valence-corrected chi connectivity index (χ3v) is 3.32. The molecule has 0 saturated carbocycles. The first-order chi connectivity index (χ1) is 6.74. The van der Waals surface area contributed by atoms with Gasteiger partial charge in [-0.25, -0.2) is 0 Å². The Labute approximate surface area is 96.0 Å². The van der Waals surface area contributed by atoms with Gasteiger partial charge in [-0.3, -0.25) is 4.79 Å². The predicted octanol–water partition coefficient (Wildman–Crippen LogP) is 1.85. The molecule has 14 heavy (non-hydrogen) atoms. The van der Waals surface area contributed by atoms with Crippen LogP contribution in [0.5, 0.6) is 0 Å². The van der Waals surface area contributed by atoms with Gasteiger partial charge in [0, 0.05) is 22.9 Å². The van der Waals surface area contributed by atoms with Gasteiger partial charge in [0.1, 0.15) is 0 Å². The van der Waals surface area contributed by atoms with Crippen LogP contribution in [0.1, 0.15) is 16.6 Å². The van der Waals surface area contributed by atoms with E-state index >= 15 is 0 Å². The molecular weight excluding hydrogens is 264 g/mol. The van der Waals surface area contributed by atoms with Crippen molar-refractivity contribution in [3.8, 4) is 0 Å². The van der Waals surface area contributed by atoms with Crippen LogP contribution in [0.25, 0.3) is 0 Å². The molecule has 0 atom stereocenters. The molecule has 1 heterocycles. The quantitative estimate of drug-likeness (QED) is 0.806. The van der Waals surface area contributed by atoms with E-state index in [1.165, 1.54) is 11.3 Å². The first kappa shape index (κ1) is 11.7. The average Bonchev–Trinajstić information content (AvgIpc) is 2.59. The van der Waals surface area contributed by atoms with E-state index in [9.17, 15) is 4.79 Å². The molecule has 0 aliphatic carbocycles. The van der Waals surface area contributed by atoms with Crippen molar-refractivity contribution in [1.29, 1.82) is 0 Å². The summed E-state index contributed by atoms with van der Waals surface area (Å²) in [5.41, 5.74) is 0. The third-order valence-electron chi connectivity index (χ3n) is 1.63. The third kappa shape index (κ3) is 3.77. The van der Waals surface area contributed by atoms with Crippen molar-refractivity contribution in [2.45, 2.75) is 6.92 Å². The normalized spacial score (nSPS) is 10.1. The molecule has 1 rings (SSSR count). The maximum absolute atomic E-state index is 11.5. The Morgan fingerprint density at radius 1 is 1.57 bits per heavy atom. The van der Waals surface area contributed by atoms with Crippen molar-refractivity contribution < 1.29 is 4.79 Å². The summed E-state index contributed by atoms with van der Waals surface area (Å²) >= 11 is 4.75. The zero-order chi connectivity index (χ0) is 10.4. The Morgan fingerprint density at radius 3 is 2.93 bits per heavy atom. The van der Waals surface area contributed by atoms with E-state index in [1.807, 2.05) is 18.4 Å². The number of likely N-dealkylation sites (N-methyl/N-ethyl adjacent to an activating group) is 1. The van der Waals surface area contributed by atoms with E-state index in [0.717, 1.165) is 22.4 Å². The number of amides is 1. The molecule has 0 aliphatic rings. The second-order valence-corrected chi connectivity index (χ2v) is 4.57. The van der Waals surface area contributed by atoms with E-state index in [2.05, 4.69) is 26.6 Å². The Hall–Kier alpha value is -0.390. The molecule has 1 amide bonds. The maximum Gasteiger partial charge on any atom is 0.261 e. The monoisotopic (exact) mass is 276 g/mol. The Bertz CT molecular complexity index is 301. The van der Waals surface area contributed by atoms with Crippen LogP contribution >= 0.6 is 27.3 Å². The predicted molar refractivity (Wildman–Crippen MR) is 62.9 cm³/mol. The molecule has 3 nitrogen and oxygen atoms in total. The summed E-state index contributed by atoms with van der Waals surface area (Å²) in [4.78, 5) is 12.2. The first-order valence-corrected chi connectivity index (χ1v) is 6.14. The lowest BCUT2D eigenvalue weighted by Gasteiger charge is -2.03. The molecule has 5 heteroatoms. The van der Waals surface area contributed by atoms with Gasteiger partial charge in [0.15, 0.2) is 0 Å². The largest absolute Gasteiger partial charge is 0.350 e. The highest BCUT2D eigenvalue weighted by molar-refractivity contribution is 9.10. The highest BCUT2D eigenvalue weighted by Gasteiger charge is 2.06.